The molecule has 0 saturated carbocycles. The zero-order valence-corrected chi connectivity index (χ0v) is 18.4. The number of halogens is 1. The highest BCUT2D eigenvalue weighted by atomic mass is 35.5. The number of para-hydroxylation sites is 1. The van der Waals surface area contributed by atoms with Crippen LogP contribution in [0.1, 0.15) is 29.9 Å². The van der Waals surface area contributed by atoms with Gasteiger partial charge in [-0.25, -0.2) is 9.36 Å². The van der Waals surface area contributed by atoms with E-state index in [1.807, 2.05) is 57.2 Å². The summed E-state index contributed by atoms with van der Waals surface area (Å²) < 4.78 is 2.92. The van der Waals surface area contributed by atoms with Gasteiger partial charge in [0.15, 0.2) is 5.52 Å². The lowest BCUT2D eigenvalue weighted by Crippen LogP contribution is -2.34. The smallest absolute Gasteiger partial charge is 0.295 e. The molecule has 4 rings (SSSR count). The zero-order valence-electron chi connectivity index (χ0n) is 17.7. The van der Waals surface area contributed by atoms with Crippen LogP contribution in [0.2, 0.25) is 5.02 Å². The summed E-state index contributed by atoms with van der Waals surface area (Å²) in [6.45, 7) is 7.22. The van der Waals surface area contributed by atoms with Gasteiger partial charge >= 0.3 is 0 Å². The van der Waals surface area contributed by atoms with Crippen LogP contribution in [0.5, 0.6) is 0 Å². The number of aryl methyl sites for hydroxylation is 3. The zero-order chi connectivity index (χ0) is 22.3. The third kappa shape index (κ3) is 3.72. The predicted octanol–water partition coefficient (Wildman–Crippen LogP) is 4.36. The first-order valence-corrected chi connectivity index (χ1v) is 10.3. The highest BCUT2D eigenvalue weighted by Crippen LogP contribution is 2.23. The van der Waals surface area contributed by atoms with Gasteiger partial charge in [-0.05, 0) is 57.5 Å². The minimum absolute atomic E-state index is 0.285. The maximum Gasteiger partial charge on any atom is 0.295 e. The maximum absolute atomic E-state index is 13.2. The van der Waals surface area contributed by atoms with E-state index >= 15 is 0 Å². The van der Waals surface area contributed by atoms with Crippen LogP contribution in [0.25, 0.3) is 16.6 Å². The molecule has 2 heterocycles. The minimum atomic E-state index is -0.837. The van der Waals surface area contributed by atoms with E-state index in [2.05, 4.69) is 15.5 Å². The highest BCUT2D eigenvalue weighted by Gasteiger charge is 2.23. The molecular formula is C23H22ClN5O2. The van der Waals surface area contributed by atoms with Crippen molar-refractivity contribution >= 4 is 34.1 Å². The predicted molar refractivity (Wildman–Crippen MR) is 122 cm³/mol. The van der Waals surface area contributed by atoms with E-state index in [1.54, 1.807) is 23.7 Å². The van der Waals surface area contributed by atoms with Gasteiger partial charge in [-0.3, -0.25) is 9.59 Å². The number of hydrogen-bond acceptors (Lipinski definition) is 4. The summed E-state index contributed by atoms with van der Waals surface area (Å²) in [7, 11) is 0. The Bertz CT molecular complexity index is 1360. The number of fused-ring (bicyclic) bond motifs is 1. The lowest BCUT2D eigenvalue weighted by molar-refractivity contribution is -0.119. The molecule has 0 fully saturated rings. The molecule has 0 saturated heterocycles. The first-order valence-electron chi connectivity index (χ1n) is 9.89. The van der Waals surface area contributed by atoms with E-state index in [0.29, 0.717) is 21.8 Å². The standard InChI is InChI=1S/C23H22ClN5O2/c1-13-10-11-17(24)12-19(13)25-22(30)16(4)29-23(31)21-20(14(2)26-29)15(3)28(27-21)18-8-6-5-7-9-18/h5-12,16H,1-4H3,(H,25,30)/t16-/m0/s1. The Morgan fingerprint density at radius 3 is 2.48 bits per heavy atom. The van der Waals surface area contributed by atoms with Crippen LogP contribution in [0.4, 0.5) is 5.69 Å². The van der Waals surface area contributed by atoms with Crippen LogP contribution in [-0.4, -0.2) is 25.5 Å². The van der Waals surface area contributed by atoms with Gasteiger partial charge in [0.25, 0.3) is 5.56 Å². The van der Waals surface area contributed by atoms with Crippen molar-refractivity contribution < 1.29 is 4.79 Å². The maximum atomic E-state index is 13.2. The number of aromatic nitrogens is 4. The molecule has 0 radical (unpaired) electrons. The van der Waals surface area contributed by atoms with Crippen molar-refractivity contribution in [2.75, 3.05) is 5.32 Å². The fourth-order valence-electron chi connectivity index (χ4n) is 3.61. The fourth-order valence-corrected chi connectivity index (χ4v) is 3.78. The lowest BCUT2D eigenvalue weighted by Gasteiger charge is -2.16. The number of carbonyl (C=O) groups excluding carboxylic acids is 1. The summed E-state index contributed by atoms with van der Waals surface area (Å²) >= 11 is 6.05. The lowest BCUT2D eigenvalue weighted by atomic mass is 10.2. The molecule has 1 atom stereocenters. The SMILES string of the molecule is Cc1ccc(Cl)cc1NC(=O)[C@H](C)n1nc(C)c2c(C)n(-c3ccccc3)nc2c1=O. The minimum Gasteiger partial charge on any atom is -0.324 e. The second kappa shape index (κ2) is 8.00. The Balaban J connectivity index is 1.76. The summed E-state index contributed by atoms with van der Waals surface area (Å²) in [6.07, 6.45) is 0. The highest BCUT2D eigenvalue weighted by molar-refractivity contribution is 6.31. The average molecular weight is 436 g/mol. The Hall–Kier alpha value is -3.45. The largest absolute Gasteiger partial charge is 0.324 e. The quantitative estimate of drug-likeness (QED) is 0.516. The monoisotopic (exact) mass is 435 g/mol. The molecule has 0 spiro atoms. The number of anilines is 1. The van der Waals surface area contributed by atoms with Crippen molar-refractivity contribution in [3.8, 4) is 5.69 Å². The molecule has 0 aliphatic rings. The van der Waals surface area contributed by atoms with Gasteiger partial charge in [-0.2, -0.15) is 10.2 Å². The van der Waals surface area contributed by atoms with Crippen molar-refractivity contribution in [3.63, 3.8) is 0 Å². The molecule has 0 unspecified atom stereocenters. The molecule has 31 heavy (non-hydrogen) atoms. The van der Waals surface area contributed by atoms with Crippen molar-refractivity contribution in [2.45, 2.75) is 33.7 Å². The normalized spacial score (nSPS) is 12.2. The Morgan fingerprint density at radius 1 is 1.06 bits per heavy atom. The van der Waals surface area contributed by atoms with Gasteiger partial charge in [0.2, 0.25) is 5.91 Å². The molecule has 2 aromatic heterocycles. The van der Waals surface area contributed by atoms with Gasteiger partial charge in [0.1, 0.15) is 6.04 Å². The van der Waals surface area contributed by atoms with Gasteiger partial charge in [-0.1, -0.05) is 35.9 Å². The average Bonchev–Trinajstić information content (AvgIpc) is 3.11. The number of nitrogens with one attached hydrogen (secondary N) is 1. The van der Waals surface area contributed by atoms with E-state index in [-0.39, 0.29) is 11.4 Å². The molecule has 0 bridgehead atoms. The van der Waals surface area contributed by atoms with E-state index in [9.17, 15) is 9.59 Å². The number of benzene rings is 2. The molecule has 4 aromatic rings. The van der Waals surface area contributed by atoms with E-state index in [0.717, 1.165) is 16.9 Å². The molecule has 7 nitrogen and oxygen atoms in total. The number of amides is 1. The van der Waals surface area contributed by atoms with Gasteiger partial charge in [-0.15, -0.1) is 0 Å². The molecule has 1 amide bonds. The van der Waals surface area contributed by atoms with Crippen molar-refractivity contribution in [3.05, 3.63) is 80.9 Å². The Labute approximate surface area is 184 Å². The van der Waals surface area contributed by atoms with E-state index < -0.39 is 11.6 Å². The third-order valence-electron chi connectivity index (χ3n) is 5.35. The van der Waals surface area contributed by atoms with Crippen LogP contribution in [0, 0.1) is 20.8 Å². The third-order valence-corrected chi connectivity index (χ3v) is 5.59. The topological polar surface area (TPSA) is 81.8 Å². The molecule has 2 aromatic carbocycles. The molecule has 1 N–H and O–H groups in total. The number of carbonyl (C=O) groups is 1. The summed E-state index contributed by atoms with van der Waals surface area (Å²) in [5, 5.41) is 13.0. The van der Waals surface area contributed by atoms with E-state index in [1.165, 1.54) is 4.68 Å². The number of hydrogen-bond donors (Lipinski definition) is 1. The second-order valence-electron chi connectivity index (χ2n) is 7.52. The summed E-state index contributed by atoms with van der Waals surface area (Å²) in [4.78, 5) is 26.1. The van der Waals surface area contributed by atoms with Crippen LogP contribution in [0.15, 0.2) is 53.3 Å². The van der Waals surface area contributed by atoms with Gasteiger partial charge in [0.05, 0.1) is 22.5 Å². The van der Waals surface area contributed by atoms with Crippen molar-refractivity contribution in [1.29, 1.82) is 0 Å². The Kier molecular flexibility index (Phi) is 5.37. The fraction of sp³-hybridized carbons (Fsp3) is 0.217. The van der Waals surface area contributed by atoms with Crippen molar-refractivity contribution in [2.24, 2.45) is 0 Å². The van der Waals surface area contributed by atoms with Crippen LogP contribution in [-0.2, 0) is 4.79 Å². The first-order chi connectivity index (χ1) is 14.8. The van der Waals surface area contributed by atoms with Crippen LogP contribution >= 0.6 is 11.6 Å². The molecule has 8 heteroatoms. The van der Waals surface area contributed by atoms with Crippen molar-refractivity contribution in [1.82, 2.24) is 19.6 Å². The number of nitrogens with zero attached hydrogens (tertiary/aromatic N) is 4. The summed E-state index contributed by atoms with van der Waals surface area (Å²) in [5.41, 5.74) is 3.64. The molecule has 0 aliphatic carbocycles. The molecule has 0 aliphatic heterocycles. The number of rotatable bonds is 4. The molecule has 158 valence electrons. The van der Waals surface area contributed by atoms with E-state index in [4.69, 9.17) is 11.6 Å². The van der Waals surface area contributed by atoms with Crippen LogP contribution < -0.4 is 10.9 Å². The summed E-state index contributed by atoms with van der Waals surface area (Å²) in [6, 6.07) is 14.0. The summed E-state index contributed by atoms with van der Waals surface area (Å²) in [5.74, 6) is -0.363. The Morgan fingerprint density at radius 2 is 1.77 bits per heavy atom. The second-order valence-corrected chi connectivity index (χ2v) is 7.95. The first kappa shape index (κ1) is 20.8. The van der Waals surface area contributed by atoms with Gasteiger partial charge in [0, 0.05) is 10.7 Å². The van der Waals surface area contributed by atoms with Gasteiger partial charge < -0.3 is 5.32 Å². The molecular weight excluding hydrogens is 414 g/mol. The van der Waals surface area contributed by atoms with Crippen LogP contribution in [0.3, 0.4) is 0 Å².